The fourth-order valence-corrected chi connectivity index (χ4v) is 2.81. The minimum Gasteiger partial charge on any atom is -0.383 e. The monoisotopic (exact) mass is 361 g/mol. The van der Waals surface area contributed by atoms with Gasteiger partial charge in [0.25, 0.3) is 11.5 Å². The lowest BCUT2D eigenvalue weighted by Crippen LogP contribution is -2.42. The summed E-state index contributed by atoms with van der Waals surface area (Å²) < 4.78 is 19.3. The van der Waals surface area contributed by atoms with Gasteiger partial charge in [-0.2, -0.15) is 9.78 Å². The maximum Gasteiger partial charge on any atom is 0.274 e. The normalized spacial score (nSPS) is 11.0. The number of amides is 1. The predicted octanol–water partition coefficient (Wildman–Crippen LogP) is 2.65. The highest BCUT2D eigenvalue weighted by Gasteiger charge is 2.24. The van der Waals surface area contributed by atoms with E-state index in [0.717, 1.165) is 17.5 Å². The minimum absolute atomic E-state index is 0.0608. The van der Waals surface area contributed by atoms with Crippen LogP contribution in [0.25, 0.3) is 5.69 Å². The fourth-order valence-electron chi connectivity index (χ4n) is 2.81. The smallest absolute Gasteiger partial charge is 0.274 e. The Bertz CT molecular complexity index is 785. The molecular weight excluding hydrogens is 337 g/mol. The molecule has 1 heterocycles. The molecule has 0 atom stereocenters. The minimum atomic E-state index is -0.409. The van der Waals surface area contributed by atoms with Crippen LogP contribution in [0, 0.1) is 5.82 Å². The Morgan fingerprint density at radius 3 is 2.42 bits per heavy atom. The van der Waals surface area contributed by atoms with E-state index in [4.69, 9.17) is 4.74 Å². The van der Waals surface area contributed by atoms with Gasteiger partial charge < -0.3 is 9.64 Å². The molecule has 0 aliphatic rings. The number of benzene rings is 1. The molecule has 1 aromatic heterocycles. The average Bonchev–Trinajstić information content (AvgIpc) is 2.66. The topological polar surface area (TPSA) is 64.4 Å². The molecule has 0 saturated heterocycles. The van der Waals surface area contributed by atoms with E-state index in [1.165, 1.54) is 36.4 Å². The number of hydrogen-bond acceptors (Lipinski definition) is 4. The number of ether oxygens (including phenoxy) is 1. The van der Waals surface area contributed by atoms with E-state index in [9.17, 15) is 14.0 Å². The van der Waals surface area contributed by atoms with Gasteiger partial charge in [0, 0.05) is 25.8 Å². The Balaban J connectivity index is 2.39. The predicted molar refractivity (Wildman–Crippen MR) is 97.1 cm³/mol. The van der Waals surface area contributed by atoms with Gasteiger partial charge in [-0.1, -0.05) is 13.8 Å². The van der Waals surface area contributed by atoms with Crippen molar-refractivity contribution in [1.29, 1.82) is 0 Å². The summed E-state index contributed by atoms with van der Waals surface area (Å²) in [6.07, 6.45) is 1.62. The third-order valence-corrected chi connectivity index (χ3v) is 4.27. The third-order valence-electron chi connectivity index (χ3n) is 4.27. The summed E-state index contributed by atoms with van der Waals surface area (Å²) in [5, 5.41) is 4.20. The van der Waals surface area contributed by atoms with Gasteiger partial charge in [0.05, 0.1) is 12.3 Å². The Kier molecular flexibility index (Phi) is 7.03. The largest absolute Gasteiger partial charge is 0.383 e. The van der Waals surface area contributed by atoms with Crippen LogP contribution in [0.3, 0.4) is 0 Å². The van der Waals surface area contributed by atoms with Crippen molar-refractivity contribution in [3.05, 3.63) is 58.3 Å². The first-order valence-corrected chi connectivity index (χ1v) is 8.68. The van der Waals surface area contributed by atoms with Gasteiger partial charge in [-0.25, -0.2) is 4.39 Å². The zero-order chi connectivity index (χ0) is 19.1. The van der Waals surface area contributed by atoms with E-state index in [1.807, 2.05) is 13.8 Å². The Hall–Kier alpha value is -2.54. The van der Waals surface area contributed by atoms with Crippen LogP contribution < -0.4 is 5.56 Å². The molecule has 1 aromatic carbocycles. The zero-order valence-corrected chi connectivity index (χ0v) is 15.3. The van der Waals surface area contributed by atoms with Crippen molar-refractivity contribution in [2.45, 2.75) is 32.7 Å². The molecule has 0 unspecified atom stereocenters. The molecule has 1 amide bonds. The number of carbonyl (C=O) groups is 1. The molecule has 2 rings (SSSR count). The summed E-state index contributed by atoms with van der Waals surface area (Å²) in [5.74, 6) is -0.667. The van der Waals surface area contributed by atoms with Crippen LogP contribution in [-0.2, 0) is 4.74 Å². The summed E-state index contributed by atoms with van der Waals surface area (Å²) >= 11 is 0. The number of nitrogens with zero attached hydrogens (tertiary/aromatic N) is 3. The molecular formula is C19H24FN3O3. The third kappa shape index (κ3) is 4.54. The highest BCUT2D eigenvalue weighted by Crippen LogP contribution is 2.13. The first-order valence-electron chi connectivity index (χ1n) is 8.68. The molecule has 0 aliphatic carbocycles. The maximum absolute atomic E-state index is 13.1. The molecule has 2 aromatic rings. The lowest BCUT2D eigenvalue weighted by Gasteiger charge is -2.30. The Morgan fingerprint density at radius 2 is 1.85 bits per heavy atom. The van der Waals surface area contributed by atoms with E-state index >= 15 is 0 Å². The summed E-state index contributed by atoms with van der Waals surface area (Å²) in [6, 6.07) is 8.16. The van der Waals surface area contributed by atoms with Crippen molar-refractivity contribution in [3.8, 4) is 5.69 Å². The standard InChI is InChI=1S/C19H24FN3O3/c1-4-15(5-2)22(12-13-26-3)19(25)17-10-11-18(24)23(21-17)16-8-6-14(20)7-9-16/h6-11,15H,4-5,12-13H2,1-3H3. The number of methoxy groups -OCH3 is 1. The molecule has 0 radical (unpaired) electrons. The summed E-state index contributed by atoms with van der Waals surface area (Å²) in [4.78, 5) is 26.8. The van der Waals surface area contributed by atoms with Gasteiger partial charge in [-0.15, -0.1) is 0 Å². The molecule has 0 fully saturated rings. The summed E-state index contributed by atoms with van der Waals surface area (Å²) in [6.45, 7) is 4.90. The van der Waals surface area contributed by atoms with Crippen LogP contribution in [0.15, 0.2) is 41.2 Å². The molecule has 0 bridgehead atoms. The van der Waals surface area contributed by atoms with E-state index in [0.29, 0.717) is 18.8 Å². The van der Waals surface area contributed by atoms with E-state index in [2.05, 4.69) is 5.10 Å². The number of rotatable bonds is 8. The van der Waals surface area contributed by atoms with Gasteiger partial charge in [-0.3, -0.25) is 9.59 Å². The Labute approximate surface area is 152 Å². The SMILES string of the molecule is CCC(CC)N(CCOC)C(=O)c1ccc(=O)n(-c2ccc(F)cc2)n1. The molecule has 0 N–H and O–H groups in total. The van der Waals surface area contributed by atoms with E-state index < -0.39 is 5.82 Å². The van der Waals surface area contributed by atoms with Crippen LogP contribution in [0.2, 0.25) is 0 Å². The van der Waals surface area contributed by atoms with Gasteiger partial charge in [0.15, 0.2) is 0 Å². The molecule has 0 saturated carbocycles. The van der Waals surface area contributed by atoms with Crippen molar-refractivity contribution in [3.63, 3.8) is 0 Å². The van der Waals surface area contributed by atoms with Crippen LogP contribution in [0.5, 0.6) is 0 Å². The molecule has 0 spiro atoms. The van der Waals surface area contributed by atoms with Gasteiger partial charge in [-0.05, 0) is 43.2 Å². The highest BCUT2D eigenvalue weighted by molar-refractivity contribution is 5.92. The second kappa shape index (κ2) is 9.24. The highest BCUT2D eigenvalue weighted by atomic mass is 19.1. The fraction of sp³-hybridized carbons (Fsp3) is 0.421. The number of aromatic nitrogens is 2. The van der Waals surface area contributed by atoms with Crippen molar-refractivity contribution in [2.75, 3.05) is 20.3 Å². The number of hydrogen-bond donors (Lipinski definition) is 0. The zero-order valence-electron chi connectivity index (χ0n) is 15.3. The summed E-state index contributed by atoms with van der Waals surface area (Å²) in [5.41, 5.74) is 0.174. The second-order valence-electron chi connectivity index (χ2n) is 5.91. The number of carbonyl (C=O) groups excluding carboxylic acids is 1. The van der Waals surface area contributed by atoms with Gasteiger partial charge >= 0.3 is 0 Å². The van der Waals surface area contributed by atoms with Crippen LogP contribution in [0.1, 0.15) is 37.2 Å². The molecule has 140 valence electrons. The Morgan fingerprint density at radius 1 is 1.19 bits per heavy atom. The quantitative estimate of drug-likeness (QED) is 0.725. The first-order chi connectivity index (χ1) is 12.5. The molecule has 6 nitrogen and oxygen atoms in total. The molecule has 0 aliphatic heterocycles. The van der Waals surface area contributed by atoms with Crippen LogP contribution in [-0.4, -0.2) is 46.9 Å². The van der Waals surface area contributed by atoms with Gasteiger partial charge in [0.1, 0.15) is 11.5 Å². The number of halogens is 1. The maximum atomic E-state index is 13.1. The van der Waals surface area contributed by atoms with Gasteiger partial charge in [0.2, 0.25) is 0 Å². The van der Waals surface area contributed by atoms with Crippen LogP contribution in [0.4, 0.5) is 4.39 Å². The summed E-state index contributed by atoms with van der Waals surface area (Å²) in [7, 11) is 1.59. The van der Waals surface area contributed by atoms with Crippen molar-refractivity contribution < 1.29 is 13.9 Å². The van der Waals surface area contributed by atoms with Crippen molar-refractivity contribution >= 4 is 5.91 Å². The van der Waals surface area contributed by atoms with E-state index in [-0.39, 0.29) is 23.2 Å². The molecule has 7 heteroatoms. The first kappa shape index (κ1) is 19.8. The van der Waals surface area contributed by atoms with Crippen molar-refractivity contribution in [2.24, 2.45) is 0 Å². The lowest BCUT2D eigenvalue weighted by molar-refractivity contribution is 0.0581. The average molecular weight is 361 g/mol. The van der Waals surface area contributed by atoms with Crippen LogP contribution >= 0.6 is 0 Å². The van der Waals surface area contributed by atoms with Crippen molar-refractivity contribution in [1.82, 2.24) is 14.7 Å². The lowest BCUT2D eigenvalue weighted by atomic mass is 10.1. The second-order valence-corrected chi connectivity index (χ2v) is 5.91. The van der Waals surface area contributed by atoms with E-state index in [1.54, 1.807) is 12.0 Å². The molecule has 26 heavy (non-hydrogen) atoms.